The summed E-state index contributed by atoms with van der Waals surface area (Å²) in [6.07, 6.45) is -59.6. The number of unbranched alkanes of at least 4 members (excludes halogenated alkanes) is 2. The fraction of sp³-hybridized carbons (Fsp3) is 0.894. The average molecular weight is 1710 g/mol. The van der Waals surface area contributed by atoms with E-state index in [1.54, 1.807) is 0 Å². The van der Waals surface area contributed by atoms with Crippen LogP contribution in [0.4, 0.5) is 0 Å². The third kappa shape index (κ3) is 21.7. The fourth-order valence-corrected chi connectivity index (χ4v) is 14.8. The van der Waals surface area contributed by atoms with Gasteiger partial charge in [0.15, 0.2) is 0 Å². The molecule has 678 valence electrons. The highest BCUT2D eigenvalue weighted by molar-refractivity contribution is 5.88. The summed E-state index contributed by atoms with van der Waals surface area (Å²) in [5.74, 6) is -26.8. The maximum Gasteiger partial charge on any atom is 0.280 e. The van der Waals surface area contributed by atoms with Crippen LogP contribution in [0.25, 0.3) is 0 Å². The molecular formula is C66H116N8O43. The number of hydrogen-bond acceptors (Lipinski definition) is 44. The lowest BCUT2D eigenvalue weighted by Crippen LogP contribution is -2.75. The molecule has 0 radical (unpaired) electrons. The SMILES string of the molecule is CO[C@@]1(C(=O)N[C@H]2[C@H]([C@H](O)[C@H](O)CO)O[C@](OC)(C(=O)N[C@H]3[C@H]([C@H](O)[C@H](O)CO)O[C@](OC)(C(=O)N[C@H]4[C@H]([C@H](O)[C@H](O)CO)O[C@](OC)(C(=O)N[C@H]5[C@H]([C@H](O)[C@H](O)CO)O[C@](OC)(C(=O)N[C@H]6[C@H]([C@H](O)[C@H](O)CO)O[C@](OC)(C(=O)NCCCCCC(N)=O)C[C@@H]6O)C[C@@H]5O)C[C@@H]4O)C[C@@H]3O)C[C@@H]2O)C[C@H](O)[C@@H](N)[C@H]([C@H](O)[C@H](O)CO)O1. The van der Waals surface area contributed by atoms with Crippen molar-refractivity contribution in [1.82, 2.24) is 31.9 Å². The van der Waals surface area contributed by atoms with Crippen molar-refractivity contribution >= 4 is 41.4 Å². The molecule has 0 aromatic rings. The van der Waals surface area contributed by atoms with Gasteiger partial charge in [-0.1, -0.05) is 6.42 Å². The number of aliphatic hydroxyl groups is 24. The van der Waals surface area contributed by atoms with Crippen molar-refractivity contribution in [2.45, 2.75) is 282 Å². The van der Waals surface area contributed by atoms with E-state index in [1.807, 2.05) is 0 Å². The third-order valence-corrected chi connectivity index (χ3v) is 21.9. The van der Waals surface area contributed by atoms with Crippen molar-refractivity contribution in [1.29, 1.82) is 0 Å². The van der Waals surface area contributed by atoms with E-state index in [1.165, 1.54) is 0 Å². The molecule has 34 N–H and O–H groups in total. The lowest BCUT2D eigenvalue weighted by molar-refractivity contribution is -0.312. The molecule has 51 heteroatoms. The average Bonchev–Trinajstić information content (AvgIpc) is 0.758. The van der Waals surface area contributed by atoms with Crippen molar-refractivity contribution in [2.75, 3.05) is 88.8 Å². The Balaban J connectivity index is 1.27. The number of carbonyl (C=O) groups is 7. The first-order valence-electron chi connectivity index (χ1n) is 37.1. The fourth-order valence-electron chi connectivity index (χ4n) is 14.8. The Morgan fingerprint density at radius 1 is 0.325 bits per heavy atom. The standard InChI is InChI=1S/C66H116N8O43/c1-106-61(55(100)69-11-9-7-8-10-36(67)93)13-25(82)38(50(113-61)44(95)31(88)19-76)71-57(102)63(108-3)15-27(84)40(52(115-63)46(97)33(90)21-78)73-59(104)65(110-5)17-29(86)42(54(117-65)48(99)35(92)23-80)74-60(105)66(111-6)16-28(85)41(53(116-66)47(98)34(91)22-79)72-58(103)64(109-4)14-26(83)39(51(114-64)45(96)32(89)20-77)70-56(101)62(107-2)12-24(81)37(68)49(112-62)43(94)30(87)18-75/h24-35,37-54,75-92,94-99H,7-23,68H2,1-6H3,(H2,67,93)(H,69,100)(H,70,101)(H,71,102)(H,72,103)(H,73,104)(H,74,105)/t24-,25-,26-,27-,28-,29-,30+,31+,32+,33+,34+,35+,37+,38+,39+,40+,41+,42+,43+,44+,45+,46+,47+,48+,49+,50+,51+,52+,53+,54+,61-,62-,63-,64-,65-,66-/m0/s1. The molecule has 0 aliphatic carbocycles. The Morgan fingerprint density at radius 3 is 0.726 bits per heavy atom. The van der Waals surface area contributed by atoms with Crippen LogP contribution in [0.5, 0.6) is 0 Å². The maximum atomic E-state index is 15.0. The van der Waals surface area contributed by atoms with Crippen LogP contribution in [0.2, 0.25) is 0 Å². The lowest BCUT2D eigenvalue weighted by Gasteiger charge is -2.51. The van der Waals surface area contributed by atoms with Gasteiger partial charge in [0.2, 0.25) is 5.91 Å². The summed E-state index contributed by atoms with van der Waals surface area (Å²) in [6, 6.07) is -12.2. The van der Waals surface area contributed by atoms with Gasteiger partial charge in [-0.05, 0) is 12.8 Å². The quantitative estimate of drug-likeness (QED) is 0.0253. The minimum absolute atomic E-state index is 0.0529. The van der Waals surface area contributed by atoms with Gasteiger partial charge in [-0.2, -0.15) is 0 Å². The summed E-state index contributed by atoms with van der Waals surface area (Å²) in [5, 5.41) is 277. The number of hydrogen-bond donors (Lipinski definition) is 32. The third-order valence-electron chi connectivity index (χ3n) is 21.9. The molecule has 6 saturated heterocycles. The van der Waals surface area contributed by atoms with E-state index < -0.39 is 337 Å². The molecule has 0 bridgehead atoms. The van der Waals surface area contributed by atoms with E-state index in [2.05, 4.69) is 31.9 Å². The zero-order chi connectivity index (χ0) is 88.1. The van der Waals surface area contributed by atoms with Crippen molar-refractivity contribution in [3.8, 4) is 0 Å². The summed E-state index contributed by atoms with van der Waals surface area (Å²) < 4.78 is 68.4. The summed E-state index contributed by atoms with van der Waals surface area (Å²) >= 11 is 0. The molecule has 0 unspecified atom stereocenters. The number of nitrogens with one attached hydrogen (secondary N) is 6. The summed E-state index contributed by atoms with van der Waals surface area (Å²) in [5.41, 5.74) is 11.2. The van der Waals surface area contributed by atoms with E-state index >= 15 is 4.79 Å². The van der Waals surface area contributed by atoms with Crippen LogP contribution < -0.4 is 43.4 Å². The predicted molar refractivity (Wildman–Crippen MR) is 374 cm³/mol. The second kappa shape index (κ2) is 42.7. The van der Waals surface area contributed by atoms with Gasteiger partial charge >= 0.3 is 0 Å². The second-order valence-electron chi connectivity index (χ2n) is 29.4. The van der Waals surface area contributed by atoms with Crippen LogP contribution in [0.1, 0.15) is 64.2 Å². The Hall–Kier alpha value is -5.19. The van der Waals surface area contributed by atoms with Crippen LogP contribution in [-0.2, 0) is 90.4 Å². The molecule has 36 atom stereocenters. The van der Waals surface area contributed by atoms with Gasteiger partial charge in [-0.25, -0.2) is 0 Å². The van der Waals surface area contributed by atoms with E-state index in [-0.39, 0.29) is 13.0 Å². The molecular weight excluding hydrogens is 1590 g/mol. The molecule has 6 aliphatic heterocycles. The predicted octanol–water partition coefficient (Wildman–Crippen LogP) is -19.9. The van der Waals surface area contributed by atoms with Gasteiger partial charge in [0.25, 0.3) is 70.2 Å². The Bertz CT molecular complexity index is 3230. The molecule has 6 rings (SSSR count). The van der Waals surface area contributed by atoms with Gasteiger partial charge < -0.3 is 223 Å². The highest BCUT2D eigenvalue weighted by Crippen LogP contribution is 2.43. The van der Waals surface area contributed by atoms with Crippen molar-refractivity contribution in [2.24, 2.45) is 11.5 Å². The molecule has 7 amide bonds. The zero-order valence-corrected chi connectivity index (χ0v) is 64.5. The van der Waals surface area contributed by atoms with E-state index in [0.717, 1.165) is 42.7 Å². The summed E-state index contributed by atoms with van der Waals surface area (Å²) in [4.78, 5) is 98.9. The highest BCUT2D eigenvalue weighted by Gasteiger charge is 2.65. The van der Waals surface area contributed by atoms with Crippen molar-refractivity contribution < 1.29 is 213 Å². The number of rotatable bonds is 41. The van der Waals surface area contributed by atoms with Gasteiger partial charge in [-0.3, -0.25) is 33.6 Å². The molecule has 51 nitrogen and oxygen atoms in total. The Labute approximate surface area is 666 Å². The number of methoxy groups -OCH3 is 6. The monoisotopic (exact) mass is 1710 g/mol. The minimum atomic E-state index is -3.09. The number of aliphatic hydroxyl groups excluding tert-OH is 24. The first-order valence-corrected chi connectivity index (χ1v) is 37.1. The largest absolute Gasteiger partial charge is 0.394 e. The normalized spacial score (nSPS) is 38.6. The topological polar surface area (TPSA) is 840 Å². The van der Waals surface area contributed by atoms with Crippen LogP contribution >= 0.6 is 0 Å². The van der Waals surface area contributed by atoms with Crippen LogP contribution in [0.3, 0.4) is 0 Å². The number of nitrogens with two attached hydrogens (primary N) is 2. The molecule has 6 fully saturated rings. The Morgan fingerprint density at radius 2 is 0.521 bits per heavy atom. The number of primary amides is 1. The molecule has 6 aliphatic rings. The molecule has 0 saturated carbocycles. The summed E-state index contributed by atoms with van der Waals surface area (Å²) in [7, 11) is 4.94. The molecule has 0 aromatic heterocycles. The van der Waals surface area contributed by atoms with Crippen molar-refractivity contribution in [3.63, 3.8) is 0 Å². The maximum absolute atomic E-state index is 15.0. The minimum Gasteiger partial charge on any atom is -0.394 e. The van der Waals surface area contributed by atoms with Crippen LogP contribution in [-0.4, -0.2) is 470 Å². The number of carbonyl (C=O) groups excluding carboxylic acids is 7. The van der Waals surface area contributed by atoms with E-state index in [0.29, 0.717) is 19.3 Å². The lowest BCUT2D eigenvalue weighted by atomic mass is 9.85. The van der Waals surface area contributed by atoms with Crippen LogP contribution in [0.15, 0.2) is 0 Å². The first-order chi connectivity index (χ1) is 54.9. The molecule has 6 heterocycles. The van der Waals surface area contributed by atoms with Crippen LogP contribution in [0, 0.1) is 0 Å². The van der Waals surface area contributed by atoms with Gasteiger partial charge in [0, 0.05) is 94.1 Å². The number of amides is 7. The van der Waals surface area contributed by atoms with E-state index in [4.69, 9.17) is 68.3 Å². The van der Waals surface area contributed by atoms with Gasteiger partial charge in [-0.15, -0.1) is 0 Å². The van der Waals surface area contributed by atoms with E-state index in [9.17, 15) is 151 Å². The Kier molecular flexibility index (Phi) is 36.8. The second-order valence-corrected chi connectivity index (χ2v) is 29.4. The smallest absolute Gasteiger partial charge is 0.280 e. The van der Waals surface area contributed by atoms with Crippen molar-refractivity contribution in [3.05, 3.63) is 0 Å². The highest BCUT2D eigenvalue weighted by atomic mass is 16.8. The number of ether oxygens (including phenoxy) is 12. The molecule has 0 aromatic carbocycles. The zero-order valence-electron chi connectivity index (χ0n) is 64.5. The van der Waals surface area contributed by atoms with Gasteiger partial charge in [0.05, 0.1) is 113 Å². The first kappa shape index (κ1) is 101. The summed E-state index contributed by atoms with van der Waals surface area (Å²) in [6.45, 7) is -7.57. The van der Waals surface area contributed by atoms with Gasteiger partial charge in [0.1, 0.15) is 110 Å². The molecule has 117 heavy (non-hydrogen) atoms. The molecule has 0 spiro atoms.